The fraction of sp³-hybridized carbons (Fsp3) is 0.524. The van der Waals surface area contributed by atoms with Gasteiger partial charge in [0, 0.05) is 29.7 Å². The van der Waals surface area contributed by atoms with E-state index >= 15 is 0 Å². The van der Waals surface area contributed by atoms with Gasteiger partial charge in [0.05, 0.1) is 36.3 Å². The number of aryl methyl sites for hydroxylation is 2. The van der Waals surface area contributed by atoms with Crippen molar-refractivity contribution < 1.29 is 32.3 Å². The highest BCUT2D eigenvalue weighted by Gasteiger charge is 2.83. The van der Waals surface area contributed by atoms with Gasteiger partial charge in [-0.2, -0.15) is 0 Å². The number of ketones is 1. The Balaban J connectivity index is 1.08. The minimum atomic E-state index is -3.66. The van der Waals surface area contributed by atoms with Gasteiger partial charge in [0.2, 0.25) is 11.8 Å². The van der Waals surface area contributed by atoms with Crippen LogP contribution in [0.2, 0.25) is 0 Å². The van der Waals surface area contributed by atoms with Crippen molar-refractivity contribution in [3.05, 3.63) is 77.5 Å². The van der Waals surface area contributed by atoms with E-state index in [0.29, 0.717) is 44.9 Å². The lowest BCUT2D eigenvalue weighted by Crippen LogP contribution is -2.47. The molecule has 0 N–H and O–H groups in total. The Morgan fingerprint density at radius 1 is 1.04 bits per heavy atom. The van der Waals surface area contributed by atoms with Crippen LogP contribution in [0.4, 0.5) is 0 Å². The van der Waals surface area contributed by atoms with Crippen molar-refractivity contribution >= 4 is 38.5 Å². The number of fused-ring (bicyclic) bond motifs is 5. The average molecular weight is 738 g/mol. The first kappa shape index (κ1) is 34.5. The highest BCUT2D eigenvalue weighted by molar-refractivity contribution is 7.98. The van der Waals surface area contributed by atoms with Gasteiger partial charge < -0.3 is 14.4 Å². The standard InChI is InChI=1S/C42H47N3O7S/c1-27-37-33(32-15-8-9-16-34(32)43-27)17-18-40(52-37)24-35-36(46)25-41(39(48)45-42(19-20-42)53(45,49)50)23-30(41)13-7-5-3-4-6-12-29(38(47)44(35)26-40)21-28-11-10-14-31(22-28)51-2/h7-11,13-16,22,29-30,35H,3-6,12,17-21,23-26H2,1-2H3/b13-7-/t29-,30-,35+,40-,41?,45?/m1/s1. The number of amides is 2. The topological polar surface area (TPSA) is 123 Å². The number of nitrogens with zero attached hydrogens (tertiary/aromatic N) is 3. The summed E-state index contributed by atoms with van der Waals surface area (Å²) in [6, 6.07) is 15.1. The Kier molecular flexibility index (Phi) is 8.07. The van der Waals surface area contributed by atoms with E-state index in [0.717, 1.165) is 75.6 Å². The number of benzene rings is 2. The maximum Gasteiger partial charge on any atom is 0.264 e. The number of rotatable bonds is 4. The third-order valence-corrected chi connectivity index (χ3v) is 15.4. The molecule has 11 heteroatoms. The summed E-state index contributed by atoms with van der Waals surface area (Å²) in [5.41, 5.74) is 1.87. The molecule has 5 atom stereocenters. The number of carbonyl (C=O) groups is 3. The summed E-state index contributed by atoms with van der Waals surface area (Å²) >= 11 is 0. The summed E-state index contributed by atoms with van der Waals surface area (Å²) in [4.78, 5) is 49.6. The van der Waals surface area contributed by atoms with E-state index in [1.165, 1.54) is 0 Å². The van der Waals surface area contributed by atoms with Crippen molar-refractivity contribution in [1.29, 1.82) is 0 Å². The number of aromatic nitrogens is 1. The molecule has 0 radical (unpaired) electrons. The second kappa shape index (κ2) is 12.4. The highest BCUT2D eigenvalue weighted by Crippen LogP contribution is 2.68. The Morgan fingerprint density at radius 2 is 1.87 bits per heavy atom. The molecular formula is C42H47N3O7S. The Hall–Kier alpha value is -4.25. The summed E-state index contributed by atoms with van der Waals surface area (Å²) in [5.74, 6) is 0.173. The van der Waals surface area contributed by atoms with Crippen LogP contribution in [0.3, 0.4) is 0 Å². The molecule has 3 aromatic rings. The van der Waals surface area contributed by atoms with E-state index in [-0.39, 0.29) is 36.5 Å². The number of ether oxygens (including phenoxy) is 2. The molecule has 2 amide bonds. The number of carbonyl (C=O) groups excluding carboxylic acids is 3. The third kappa shape index (κ3) is 5.59. The molecule has 2 aliphatic carbocycles. The van der Waals surface area contributed by atoms with Gasteiger partial charge in [-0.15, -0.1) is 0 Å². The van der Waals surface area contributed by atoms with E-state index in [9.17, 15) is 22.8 Å². The predicted molar refractivity (Wildman–Crippen MR) is 199 cm³/mol. The lowest BCUT2D eigenvalue weighted by molar-refractivity contribution is -0.142. The minimum Gasteiger partial charge on any atom is -0.497 e. The van der Waals surface area contributed by atoms with Gasteiger partial charge in [-0.25, -0.2) is 17.7 Å². The molecular weight excluding hydrogens is 691 g/mol. The van der Waals surface area contributed by atoms with Crippen LogP contribution in [0.25, 0.3) is 10.9 Å². The molecule has 10 nitrogen and oxygen atoms in total. The van der Waals surface area contributed by atoms with Crippen molar-refractivity contribution in [3.63, 3.8) is 0 Å². The molecule has 6 aliphatic rings. The van der Waals surface area contributed by atoms with Gasteiger partial charge in [0.1, 0.15) is 17.1 Å². The zero-order valence-electron chi connectivity index (χ0n) is 30.5. The zero-order valence-corrected chi connectivity index (χ0v) is 31.3. The van der Waals surface area contributed by atoms with Crippen LogP contribution in [-0.4, -0.2) is 70.4 Å². The summed E-state index contributed by atoms with van der Waals surface area (Å²) in [5, 5.41) is 1.05. The van der Waals surface area contributed by atoms with Crippen LogP contribution < -0.4 is 9.47 Å². The first-order valence-corrected chi connectivity index (χ1v) is 20.7. The van der Waals surface area contributed by atoms with E-state index < -0.39 is 37.9 Å². The van der Waals surface area contributed by atoms with Gasteiger partial charge in [-0.3, -0.25) is 14.4 Å². The monoisotopic (exact) mass is 737 g/mol. The molecule has 1 unspecified atom stereocenters. The molecule has 2 saturated carbocycles. The van der Waals surface area contributed by atoms with Crippen LogP contribution in [0.1, 0.15) is 87.4 Å². The van der Waals surface area contributed by atoms with Crippen molar-refractivity contribution in [2.75, 3.05) is 13.7 Å². The van der Waals surface area contributed by atoms with Gasteiger partial charge in [-0.1, -0.05) is 55.3 Å². The third-order valence-electron chi connectivity index (χ3n) is 13.1. The minimum absolute atomic E-state index is 0.0722. The molecule has 2 saturated heterocycles. The molecule has 9 rings (SSSR count). The number of para-hydroxylation sites is 1. The largest absolute Gasteiger partial charge is 0.497 e. The fourth-order valence-electron chi connectivity index (χ4n) is 9.77. The van der Waals surface area contributed by atoms with Gasteiger partial charge in [-0.05, 0) is 94.4 Å². The fourth-order valence-corrected chi connectivity index (χ4v) is 11.9. The molecule has 53 heavy (non-hydrogen) atoms. The SMILES string of the molecule is COc1cccc(C[C@H]2CCCCC/C=C\[C@@H]3CC3(C(=O)N3C4(CC4)S3(=O)=O)CC(=O)[C@@H]3C[C@]4(CCc5c(c(C)nc6ccccc56)O4)CN3C2=O)c1. The maximum atomic E-state index is 15.0. The normalized spacial score (nSPS) is 31.8. The smallest absolute Gasteiger partial charge is 0.264 e. The summed E-state index contributed by atoms with van der Waals surface area (Å²) < 4.78 is 39.6. The molecule has 4 fully saturated rings. The Morgan fingerprint density at radius 3 is 2.66 bits per heavy atom. The van der Waals surface area contributed by atoms with Crippen LogP contribution in [0, 0.1) is 24.2 Å². The molecule has 4 aliphatic heterocycles. The average Bonchev–Trinajstić information content (AvgIpc) is 4.10. The number of pyridine rings is 1. The molecule has 2 aromatic carbocycles. The van der Waals surface area contributed by atoms with E-state index in [1.54, 1.807) is 12.0 Å². The Bertz CT molecular complexity index is 2180. The van der Waals surface area contributed by atoms with Crippen LogP contribution >= 0.6 is 0 Å². The van der Waals surface area contributed by atoms with Crippen molar-refractivity contribution in [1.82, 2.24) is 14.2 Å². The predicted octanol–water partition coefficient (Wildman–Crippen LogP) is 6.22. The Labute approximate surface area is 311 Å². The lowest BCUT2D eigenvalue weighted by Gasteiger charge is -2.36. The van der Waals surface area contributed by atoms with E-state index in [2.05, 4.69) is 12.1 Å². The quantitative estimate of drug-likeness (QED) is 0.229. The summed E-state index contributed by atoms with van der Waals surface area (Å²) in [7, 11) is -2.03. The van der Waals surface area contributed by atoms with E-state index in [1.807, 2.05) is 55.5 Å². The molecule has 0 bridgehead atoms. The zero-order chi connectivity index (χ0) is 36.8. The first-order valence-electron chi connectivity index (χ1n) is 19.3. The van der Waals surface area contributed by atoms with E-state index in [4.69, 9.17) is 14.5 Å². The number of Topliss-reactive ketones (excluding diaryl/α,β-unsaturated/α-hetero) is 1. The van der Waals surface area contributed by atoms with Crippen molar-refractivity contribution in [2.24, 2.45) is 17.3 Å². The number of hydrogen-bond donors (Lipinski definition) is 0. The second-order valence-electron chi connectivity index (χ2n) is 16.4. The molecule has 278 valence electrons. The van der Waals surface area contributed by atoms with Gasteiger partial charge in [0.25, 0.3) is 10.0 Å². The highest BCUT2D eigenvalue weighted by atomic mass is 32.2. The summed E-state index contributed by atoms with van der Waals surface area (Å²) in [6.45, 7) is 2.21. The molecule has 1 aromatic heterocycles. The number of sulfonamides is 1. The first-order chi connectivity index (χ1) is 25.5. The number of allylic oxidation sites excluding steroid dienone is 2. The lowest BCUT2D eigenvalue weighted by atomic mass is 9.85. The molecule has 2 spiro atoms. The molecule has 5 heterocycles. The van der Waals surface area contributed by atoms with Crippen LogP contribution in [0.15, 0.2) is 60.7 Å². The van der Waals surface area contributed by atoms with Gasteiger partial charge >= 0.3 is 0 Å². The number of methoxy groups -OCH3 is 1. The number of hydrogen-bond acceptors (Lipinski definition) is 8. The van der Waals surface area contributed by atoms with Crippen LogP contribution in [0.5, 0.6) is 11.5 Å². The summed E-state index contributed by atoms with van der Waals surface area (Å²) in [6.07, 6.45) is 11.8. The second-order valence-corrected chi connectivity index (χ2v) is 18.5. The maximum absolute atomic E-state index is 15.0. The van der Waals surface area contributed by atoms with Crippen LogP contribution in [-0.2, 0) is 37.2 Å². The van der Waals surface area contributed by atoms with Crippen molar-refractivity contribution in [3.8, 4) is 11.5 Å². The van der Waals surface area contributed by atoms with Crippen molar-refractivity contribution in [2.45, 2.75) is 107 Å². The van der Waals surface area contributed by atoms with Gasteiger partial charge in [0.15, 0.2) is 10.7 Å².